The Labute approximate surface area is 226 Å². The number of nitrogens with one attached hydrogen (secondary N) is 1. The topological polar surface area (TPSA) is 130 Å². The van der Waals surface area contributed by atoms with Gasteiger partial charge in [0.2, 0.25) is 15.3 Å². The molecule has 12 heteroatoms. The minimum atomic E-state index is -4.28. The number of H-pyrrole nitrogens is 1. The van der Waals surface area contributed by atoms with Crippen LogP contribution in [0.5, 0.6) is 11.5 Å². The standard InChI is InChI=1S/C27H27N3O7S2/c1-16-6-8-17(9-7-16)39(33,34)27(37-38(5,31)32)18-10-11-28-26-20(18)12-22(29-26)21-15-30(2)23-14-25(36-4)24(35-3)13-19(21)23/h6-15,27H,1-5H3,(H,28,29). The van der Waals surface area contributed by atoms with Crippen molar-refractivity contribution in [3.63, 3.8) is 0 Å². The third-order valence-electron chi connectivity index (χ3n) is 6.50. The van der Waals surface area contributed by atoms with Crippen molar-refractivity contribution in [3.8, 4) is 22.8 Å². The number of benzene rings is 2. The van der Waals surface area contributed by atoms with Crippen molar-refractivity contribution < 1.29 is 30.5 Å². The predicted molar refractivity (Wildman–Crippen MR) is 148 cm³/mol. The molecule has 0 spiro atoms. The molecule has 0 aliphatic rings. The van der Waals surface area contributed by atoms with Gasteiger partial charge in [-0.25, -0.2) is 17.6 Å². The molecule has 0 bridgehead atoms. The van der Waals surface area contributed by atoms with Crippen LogP contribution in [0, 0.1) is 6.92 Å². The van der Waals surface area contributed by atoms with Crippen molar-refractivity contribution in [3.05, 3.63) is 72.1 Å². The Bertz CT molecular complexity index is 1920. The Morgan fingerprint density at radius 2 is 1.59 bits per heavy atom. The zero-order chi connectivity index (χ0) is 28.1. The Kier molecular flexibility index (Phi) is 6.65. The molecule has 3 aromatic heterocycles. The third-order valence-corrected chi connectivity index (χ3v) is 9.00. The van der Waals surface area contributed by atoms with Crippen molar-refractivity contribution >= 4 is 41.9 Å². The molecule has 0 saturated carbocycles. The number of hydrogen-bond donors (Lipinski definition) is 1. The Hall–Kier alpha value is -3.87. The number of rotatable bonds is 8. The molecule has 1 atom stereocenters. The van der Waals surface area contributed by atoms with Crippen LogP contribution in [0.2, 0.25) is 0 Å². The van der Waals surface area contributed by atoms with Gasteiger partial charge in [0.05, 0.1) is 30.9 Å². The van der Waals surface area contributed by atoms with E-state index in [1.807, 2.05) is 36.9 Å². The van der Waals surface area contributed by atoms with Gasteiger partial charge in [-0.1, -0.05) is 17.7 Å². The van der Waals surface area contributed by atoms with Gasteiger partial charge in [0.1, 0.15) is 5.65 Å². The molecule has 0 aliphatic carbocycles. The zero-order valence-corrected chi connectivity index (χ0v) is 23.6. The van der Waals surface area contributed by atoms with E-state index in [0.717, 1.165) is 28.3 Å². The maximum absolute atomic E-state index is 13.7. The molecule has 0 radical (unpaired) electrons. The van der Waals surface area contributed by atoms with E-state index in [9.17, 15) is 16.8 Å². The van der Waals surface area contributed by atoms with Gasteiger partial charge in [-0.15, -0.1) is 0 Å². The van der Waals surface area contributed by atoms with Crippen molar-refractivity contribution in [1.82, 2.24) is 14.5 Å². The summed E-state index contributed by atoms with van der Waals surface area (Å²) in [6, 6.07) is 13.1. The van der Waals surface area contributed by atoms with Gasteiger partial charge in [-0.3, -0.25) is 0 Å². The minimum absolute atomic E-state index is 0.0578. The van der Waals surface area contributed by atoms with Gasteiger partial charge >= 0.3 is 0 Å². The molecule has 0 fully saturated rings. The first-order chi connectivity index (χ1) is 18.4. The molecule has 0 saturated heterocycles. The van der Waals surface area contributed by atoms with Gasteiger partial charge in [-0.05, 0) is 37.3 Å². The number of sulfone groups is 1. The lowest BCUT2D eigenvalue weighted by Crippen LogP contribution is -2.20. The second-order valence-electron chi connectivity index (χ2n) is 9.21. The summed E-state index contributed by atoms with van der Waals surface area (Å²) in [5.74, 6) is 1.14. The summed E-state index contributed by atoms with van der Waals surface area (Å²) in [5, 5.41) is 1.27. The van der Waals surface area contributed by atoms with Crippen LogP contribution in [-0.2, 0) is 31.2 Å². The fraction of sp³-hybridized carbons (Fsp3) is 0.222. The van der Waals surface area contributed by atoms with Gasteiger partial charge in [0.25, 0.3) is 10.1 Å². The van der Waals surface area contributed by atoms with Crippen LogP contribution in [0.4, 0.5) is 0 Å². The highest BCUT2D eigenvalue weighted by Gasteiger charge is 2.35. The van der Waals surface area contributed by atoms with Crippen molar-refractivity contribution in [2.24, 2.45) is 7.05 Å². The number of methoxy groups -OCH3 is 2. The molecule has 5 aromatic rings. The smallest absolute Gasteiger partial charge is 0.265 e. The highest BCUT2D eigenvalue weighted by atomic mass is 32.2. The van der Waals surface area contributed by atoms with E-state index < -0.39 is 25.4 Å². The highest BCUT2D eigenvalue weighted by Crippen LogP contribution is 2.40. The number of hydrogen-bond acceptors (Lipinski definition) is 8. The molecule has 39 heavy (non-hydrogen) atoms. The van der Waals surface area contributed by atoms with Gasteiger partial charge in [-0.2, -0.15) is 8.42 Å². The van der Waals surface area contributed by atoms with Gasteiger partial charge in [0.15, 0.2) is 11.5 Å². The number of pyridine rings is 1. The van der Waals surface area contributed by atoms with Crippen LogP contribution >= 0.6 is 0 Å². The average Bonchev–Trinajstić information content (AvgIpc) is 3.47. The molecule has 0 amide bonds. The number of fused-ring (bicyclic) bond motifs is 2. The Morgan fingerprint density at radius 3 is 2.23 bits per heavy atom. The molecule has 1 unspecified atom stereocenters. The van der Waals surface area contributed by atoms with Gasteiger partial charge < -0.3 is 19.0 Å². The summed E-state index contributed by atoms with van der Waals surface area (Å²) in [5.41, 5.74) is 1.90. The lowest BCUT2D eigenvalue weighted by atomic mass is 10.1. The number of ether oxygens (including phenoxy) is 2. The molecular weight excluding hydrogens is 542 g/mol. The molecule has 2 aromatic carbocycles. The molecule has 3 heterocycles. The van der Waals surface area contributed by atoms with E-state index in [1.54, 1.807) is 32.4 Å². The van der Waals surface area contributed by atoms with E-state index >= 15 is 0 Å². The largest absolute Gasteiger partial charge is 0.493 e. The third kappa shape index (κ3) is 4.86. The minimum Gasteiger partial charge on any atom is -0.493 e. The van der Waals surface area contributed by atoms with Crippen LogP contribution in [-0.4, -0.2) is 51.8 Å². The second-order valence-corrected chi connectivity index (χ2v) is 12.8. The van der Waals surface area contributed by atoms with E-state index in [1.165, 1.54) is 24.4 Å². The molecule has 5 rings (SSSR count). The van der Waals surface area contributed by atoms with Crippen molar-refractivity contribution in [2.75, 3.05) is 20.5 Å². The summed E-state index contributed by atoms with van der Waals surface area (Å²) in [4.78, 5) is 7.56. The maximum atomic E-state index is 13.7. The maximum Gasteiger partial charge on any atom is 0.265 e. The Balaban J connectivity index is 1.71. The summed E-state index contributed by atoms with van der Waals surface area (Å²) in [6.07, 6.45) is 4.16. The Morgan fingerprint density at radius 1 is 0.923 bits per heavy atom. The van der Waals surface area contributed by atoms with E-state index in [2.05, 4.69) is 9.97 Å². The first-order valence-corrected chi connectivity index (χ1v) is 15.2. The zero-order valence-electron chi connectivity index (χ0n) is 21.9. The summed E-state index contributed by atoms with van der Waals surface area (Å²) < 4.78 is 70.0. The number of aromatic amines is 1. The monoisotopic (exact) mass is 569 g/mol. The highest BCUT2D eigenvalue weighted by molar-refractivity contribution is 7.92. The molecule has 10 nitrogen and oxygen atoms in total. The van der Waals surface area contributed by atoms with E-state index in [0.29, 0.717) is 28.2 Å². The fourth-order valence-corrected chi connectivity index (χ4v) is 7.17. The second kappa shape index (κ2) is 9.70. The average molecular weight is 570 g/mol. The van der Waals surface area contributed by atoms with E-state index in [-0.39, 0.29) is 10.5 Å². The lowest BCUT2D eigenvalue weighted by molar-refractivity contribution is 0.287. The molecule has 204 valence electrons. The predicted octanol–water partition coefficient (Wildman–Crippen LogP) is 4.50. The van der Waals surface area contributed by atoms with Crippen LogP contribution in [0.25, 0.3) is 33.2 Å². The van der Waals surface area contributed by atoms with Crippen LogP contribution in [0.3, 0.4) is 0 Å². The lowest BCUT2D eigenvalue weighted by Gasteiger charge is -2.18. The van der Waals surface area contributed by atoms with Gasteiger partial charge in [0, 0.05) is 53.1 Å². The quantitative estimate of drug-likeness (QED) is 0.271. The fourth-order valence-electron chi connectivity index (χ4n) is 4.60. The van der Waals surface area contributed by atoms with Crippen LogP contribution < -0.4 is 9.47 Å². The van der Waals surface area contributed by atoms with Crippen LogP contribution in [0.1, 0.15) is 16.6 Å². The summed E-state index contributed by atoms with van der Waals surface area (Å²) in [6.45, 7) is 1.83. The summed E-state index contributed by atoms with van der Waals surface area (Å²) in [7, 11) is -3.42. The van der Waals surface area contributed by atoms with Crippen molar-refractivity contribution in [2.45, 2.75) is 17.3 Å². The molecule has 0 aliphatic heterocycles. The SMILES string of the molecule is COc1cc2c(-c3cc4c(C(OS(C)(=O)=O)S(=O)(=O)c5ccc(C)cc5)ccnc4[nH]3)cn(C)c2cc1OC. The van der Waals surface area contributed by atoms with E-state index in [4.69, 9.17) is 13.7 Å². The number of aromatic nitrogens is 3. The molecule has 1 N–H and O–H groups in total. The number of aryl methyl sites for hydroxylation is 2. The first kappa shape index (κ1) is 26.7. The summed E-state index contributed by atoms with van der Waals surface area (Å²) >= 11 is 0. The van der Waals surface area contributed by atoms with Crippen molar-refractivity contribution in [1.29, 1.82) is 0 Å². The van der Waals surface area contributed by atoms with Crippen LogP contribution in [0.15, 0.2) is 65.8 Å². The normalized spacial score (nSPS) is 13.2. The first-order valence-electron chi connectivity index (χ1n) is 11.8. The number of nitrogens with zero attached hydrogens (tertiary/aromatic N) is 2. The molecular formula is C27H27N3O7S2.